The van der Waals surface area contributed by atoms with Gasteiger partial charge < -0.3 is 5.32 Å². The Balaban J connectivity index is 2.28. The molecular formula is C14H28N2. The molecule has 16 heavy (non-hydrogen) atoms. The average molecular weight is 224 g/mol. The molecule has 1 fully saturated rings. The van der Waals surface area contributed by atoms with Gasteiger partial charge in [0.05, 0.1) is 0 Å². The SMILES string of the molecule is C=CCN1CCC(NC(CC)C(C)C)CC1. The van der Waals surface area contributed by atoms with Crippen molar-refractivity contribution in [2.45, 2.75) is 52.1 Å². The molecule has 1 heterocycles. The van der Waals surface area contributed by atoms with Gasteiger partial charge in [0.25, 0.3) is 0 Å². The van der Waals surface area contributed by atoms with Crippen LogP contribution >= 0.6 is 0 Å². The molecule has 0 amide bonds. The fourth-order valence-corrected chi connectivity index (χ4v) is 2.55. The van der Waals surface area contributed by atoms with E-state index in [0.717, 1.165) is 18.5 Å². The lowest BCUT2D eigenvalue weighted by Crippen LogP contribution is -2.47. The van der Waals surface area contributed by atoms with Crippen LogP contribution in [0.5, 0.6) is 0 Å². The standard InChI is InChI=1S/C14H28N2/c1-5-9-16-10-7-13(8-11-16)15-14(6-2)12(3)4/h5,12-15H,1,6-11H2,2-4H3. The van der Waals surface area contributed by atoms with E-state index < -0.39 is 0 Å². The summed E-state index contributed by atoms with van der Waals surface area (Å²) >= 11 is 0. The van der Waals surface area contributed by atoms with E-state index in [0.29, 0.717) is 6.04 Å². The van der Waals surface area contributed by atoms with E-state index in [-0.39, 0.29) is 0 Å². The summed E-state index contributed by atoms with van der Waals surface area (Å²) in [6.45, 7) is 14.2. The number of hydrogen-bond acceptors (Lipinski definition) is 2. The molecule has 0 bridgehead atoms. The third-order valence-electron chi connectivity index (χ3n) is 3.67. The van der Waals surface area contributed by atoms with E-state index in [4.69, 9.17) is 0 Å². The molecule has 0 aromatic carbocycles. The normalized spacial score (nSPS) is 21.2. The molecular weight excluding hydrogens is 196 g/mol. The molecule has 1 aliphatic rings. The summed E-state index contributed by atoms with van der Waals surface area (Å²) in [7, 11) is 0. The zero-order valence-electron chi connectivity index (χ0n) is 11.2. The van der Waals surface area contributed by atoms with Gasteiger partial charge in [0.2, 0.25) is 0 Å². The van der Waals surface area contributed by atoms with Crippen LogP contribution in [0, 0.1) is 5.92 Å². The fraction of sp³-hybridized carbons (Fsp3) is 0.857. The van der Waals surface area contributed by atoms with Crippen LogP contribution in [-0.2, 0) is 0 Å². The summed E-state index contributed by atoms with van der Waals surface area (Å²) in [5, 5.41) is 3.82. The Bertz CT molecular complexity index is 193. The predicted molar refractivity (Wildman–Crippen MR) is 71.7 cm³/mol. The van der Waals surface area contributed by atoms with Crippen molar-refractivity contribution in [3.63, 3.8) is 0 Å². The number of hydrogen-bond donors (Lipinski definition) is 1. The molecule has 2 heteroatoms. The Hall–Kier alpha value is -0.340. The van der Waals surface area contributed by atoms with E-state index in [9.17, 15) is 0 Å². The molecule has 1 rings (SSSR count). The highest BCUT2D eigenvalue weighted by molar-refractivity contribution is 4.83. The molecule has 0 radical (unpaired) electrons. The highest BCUT2D eigenvalue weighted by Crippen LogP contribution is 2.14. The van der Waals surface area contributed by atoms with Crippen LogP contribution in [-0.4, -0.2) is 36.6 Å². The maximum Gasteiger partial charge on any atom is 0.0160 e. The number of nitrogens with one attached hydrogen (secondary N) is 1. The molecule has 0 aliphatic carbocycles. The highest BCUT2D eigenvalue weighted by atomic mass is 15.1. The van der Waals surface area contributed by atoms with Crippen LogP contribution < -0.4 is 5.32 Å². The van der Waals surface area contributed by atoms with Crippen LogP contribution in [0.2, 0.25) is 0 Å². The van der Waals surface area contributed by atoms with Gasteiger partial charge in [-0.25, -0.2) is 0 Å². The molecule has 1 unspecified atom stereocenters. The Morgan fingerprint density at radius 1 is 1.38 bits per heavy atom. The third kappa shape index (κ3) is 4.26. The molecule has 2 nitrogen and oxygen atoms in total. The van der Waals surface area contributed by atoms with Crippen LogP contribution in [0.25, 0.3) is 0 Å². The van der Waals surface area contributed by atoms with E-state index in [1.807, 2.05) is 6.08 Å². The minimum atomic E-state index is 0.691. The maximum atomic E-state index is 3.82. The lowest BCUT2D eigenvalue weighted by molar-refractivity contribution is 0.197. The summed E-state index contributed by atoms with van der Waals surface area (Å²) in [4.78, 5) is 2.49. The quantitative estimate of drug-likeness (QED) is 0.698. The summed E-state index contributed by atoms with van der Waals surface area (Å²) in [6.07, 6.45) is 5.83. The van der Waals surface area contributed by atoms with Crippen molar-refractivity contribution in [1.82, 2.24) is 10.2 Å². The van der Waals surface area contributed by atoms with Crippen molar-refractivity contribution in [3.8, 4) is 0 Å². The van der Waals surface area contributed by atoms with Gasteiger partial charge in [0.15, 0.2) is 0 Å². The van der Waals surface area contributed by atoms with Gasteiger partial charge >= 0.3 is 0 Å². The van der Waals surface area contributed by atoms with Crippen LogP contribution in [0.1, 0.15) is 40.0 Å². The van der Waals surface area contributed by atoms with E-state index >= 15 is 0 Å². The molecule has 0 aromatic heterocycles. The Labute approximate surface area is 101 Å². The van der Waals surface area contributed by atoms with Crippen molar-refractivity contribution in [1.29, 1.82) is 0 Å². The largest absolute Gasteiger partial charge is 0.311 e. The smallest absolute Gasteiger partial charge is 0.0160 e. The van der Waals surface area contributed by atoms with Gasteiger partial charge in [-0.2, -0.15) is 0 Å². The molecule has 1 aliphatic heterocycles. The van der Waals surface area contributed by atoms with Crippen molar-refractivity contribution < 1.29 is 0 Å². The number of likely N-dealkylation sites (tertiary alicyclic amines) is 1. The van der Waals surface area contributed by atoms with Gasteiger partial charge in [-0.05, 0) is 38.3 Å². The van der Waals surface area contributed by atoms with E-state index in [2.05, 4.69) is 37.6 Å². The molecule has 1 atom stereocenters. The van der Waals surface area contributed by atoms with E-state index in [1.54, 1.807) is 0 Å². The van der Waals surface area contributed by atoms with Crippen LogP contribution in [0.4, 0.5) is 0 Å². The number of piperidine rings is 1. The summed E-state index contributed by atoms with van der Waals surface area (Å²) < 4.78 is 0. The lowest BCUT2D eigenvalue weighted by Gasteiger charge is -2.35. The average Bonchev–Trinajstić information content (AvgIpc) is 2.28. The minimum absolute atomic E-state index is 0.691. The first-order valence-corrected chi connectivity index (χ1v) is 6.76. The van der Waals surface area contributed by atoms with Crippen molar-refractivity contribution in [2.24, 2.45) is 5.92 Å². The Kier molecular flexibility index (Phi) is 6.07. The second-order valence-electron chi connectivity index (χ2n) is 5.29. The van der Waals surface area contributed by atoms with Crippen LogP contribution in [0.3, 0.4) is 0 Å². The molecule has 0 spiro atoms. The molecule has 1 saturated heterocycles. The first-order valence-electron chi connectivity index (χ1n) is 6.76. The van der Waals surface area contributed by atoms with Gasteiger partial charge in [0.1, 0.15) is 0 Å². The summed E-state index contributed by atoms with van der Waals surface area (Å²) in [5.74, 6) is 0.746. The third-order valence-corrected chi connectivity index (χ3v) is 3.67. The first-order chi connectivity index (χ1) is 7.67. The molecule has 0 saturated carbocycles. The number of nitrogens with zero attached hydrogens (tertiary/aromatic N) is 1. The minimum Gasteiger partial charge on any atom is -0.311 e. The Morgan fingerprint density at radius 3 is 2.44 bits per heavy atom. The monoisotopic (exact) mass is 224 g/mol. The molecule has 1 N–H and O–H groups in total. The van der Waals surface area contributed by atoms with Crippen molar-refractivity contribution >= 4 is 0 Å². The first kappa shape index (κ1) is 13.7. The Morgan fingerprint density at radius 2 is 2.00 bits per heavy atom. The number of rotatable bonds is 6. The van der Waals surface area contributed by atoms with Crippen molar-refractivity contribution in [2.75, 3.05) is 19.6 Å². The second-order valence-corrected chi connectivity index (χ2v) is 5.29. The van der Waals surface area contributed by atoms with Gasteiger partial charge in [-0.3, -0.25) is 4.90 Å². The van der Waals surface area contributed by atoms with Gasteiger partial charge in [-0.1, -0.05) is 26.8 Å². The summed E-state index contributed by atoms with van der Waals surface area (Å²) in [5.41, 5.74) is 0. The zero-order chi connectivity index (χ0) is 12.0. The van der Waals surface area contributed by atoms with Crippen LogP contribution in [0.15, 0.2) is 12.7 Å². The fourth-order valence-electron chi connectivity index (χ4n) is 2.55. The lowest BCUT2D eigenvalue weighted by atomic mass is 9.97. The summed E-state index contributed by atoms with van der Waals surface area (Å²) in [6, 6.07) is 1.42. The highest BCUT2D eigenvalue weighted by Gasteiger charge is 2.21. The van der Waals surface area contributed by atoms with Gasteiger partial charge in [-0.15, -0.1) is 6.58 Å². The molecule has 0 aromatic rings. The van der Waals surface area contributed by atoms with Crippen molar-refractivity contribution in [3.05, 3.63) is 12.7 Å². The second kappa shape index (κ2) is 7.08. The predicted octanol–water partition coefficient (Wildman–Crippen LogP) is 2.66. The zero-order valence-corrected chi connectivity index (χ0v) is 11.2. The topological polar surface area (TPSA) is 15.3 Å². The van der Waals surface area contributed by atoms with Gasteiger partial charge in [0, 0.05) is 18.6 Å². The van der Waals surface area contributed by atoms with E-state index in [1.165, 1.54) is 32.4 Å². The maximum absolute atomic E-state index is 3.82. The molecule has 94 valence electrons.